The van der Waals surface area contributed by atoms with E-state index >= 15 is 0 Å². The lowest BCUT2D eigenvalue weighted by Crippen LogP contribution is -2.28. The summed E-state index contributed by atoms with van der Waals surface area (Å²) < 4.78 is 7.09. The van der Waals surface area contributed by atoms with Crippen molar-refractivity contribution < 1.29 is 9.21 Å². The Labute approximate surface area is 177 Å². The number of aromatic nitrogens is 4. The minimum Gasteiger partial charge on any atom is -0.436 e. The van der Waals surface area contributed by atoms with Crippen LogP contribution in [-0.2, 0) is 11.8 Å². The van der Waals surface area contributed by atoms with Gasteiger partial charge in [0.1, 0.15) is 5.52 Å². The molecule has 1 N–H and O–H groups in total. The lowest BCUT2D eigenvalue weighted by atomic mass is 10.1. The highest BCUT2D eigenvalue weighted by Crippen LogP contribution is 2.27. The third-order valence-electron chi connectivity index (χ3n) is 5.46. The zero-order valence-corrected chi connectivity index (χ0v) is 16.9. The lowest BCUT2D eigenvalue weighted by molar-refractivity contribution is -0.119. The highest BCUT2D eigenvalue weighted by Gasteiger charge is 2.29. The SMILES string of the molecule is Cn1ncc(N2CCC(C(=O)Nc3ccc4oc(-c5ccncc5)nc4c3)C2)cc1=O. The van der Waals surface area contributed by atoms with E-state index < -0.39 is 0 Å². The Balaban J connectivity index is 1.29. The van der Waals surface area contributed by atoms with Gasteiger partial charge in [0.2, 0.25) is 11.8 Å². The first-order valence-electron chi connectivity index (χ1n) is 9.97. The number of anilines is 2. The van der Waals surface area contributed by atoms with Crippen molar-refractivity contribution in [2.45, 2.75) is 6.42 Å². The predicted molar refractivity (Wildman–Crippen MR) is 116 cm³/mol. The monoisotopic (exact) mass is 416 g/mol. The number of amides is 1. The molecule has 31 heavy (non-hydrogen) atoms. The molecule has 1 aliphatic rings. The third-order valence-corrected chi connectivity index (χ3v) is 5.46. The van der Waals surface area contributed by atoms with Gasteiger partial charge in [-0.2, -0.15) is 5.10 Å². The lowest BCUT2D eigenvalue weighted by Gasteiger charge is -2.18. The Morgan fingerprint density at radius 2 is 2.03 bits per heavy atom. The molecule has 0 radical (unpaired) electrons. The molecule has 3 aromatic heterocycles. The number of nitrogens with zero attached hydrogens (tertiary/aromatic N) is 5. The summed E-state index contributed by atoms with van der Waals surface area (Å²) in [5.74, 6) is 0.274. The summed E-state index contributed by atoms with van der Waals surface area (Å²) >= 11 is 0. The maximum absolute atomic E-state index is 12.8. The molecule has 1 fully saturated rings. The van der Waals surface area contributed by atoms with Crippen LogP contribution in [0.15, 0.2) is 64.2 Å². The Kier molecular flexibility index (Phi) is 4.70. The number of nitrogens with one attached hydrogen (secondary N) is 1. The number of rotatable bonds is 4. The number of carbonyl (C=O) groups is 1. The zero-order chi connectivity index (χ0) is 21.4. The molecule has 156 valence electrons. The highest BCUT2D eigenvalue weighted by molar-refractivity contribution is 5.95. The Bertz CT molecular complexity index is 1310. The molecule has 4 heterocycles. The second-order valence-corrected chi connectivity index (χ2v) is 7.53. The third kappa shape index (κ3) is 3.77. The molecule has 9 nitrogen and oxygen atoms in total. The van der Waals surface area contributed by atoms with E-state index in [0.29, 0.717) is 42.2 Å². The largest absolute Gasteiger partial charge is 0.436 e. The van der Waals surface area contributed by atoms with Crippen molar-refractivity contribution in [3.63, 3.8) is 0 Å². The summed E-state index contributed by atoms with van der Waals surface area (Å²) in [5, 5.41) is 7.04. The molecule has 0 spiro atoms. The first-order chi connectivity index (χ1) is 15.1. The number of aryl methyl sites for hydroxylation is 1. The highest BCUT2D eigenvalue weighted by atomic mass is 16.3. The van der Waals surface area contributed by atoms with Crippen LogP contribution in [0.3, 0.4) is 0 Å². The van der Waals surface area contributed by atoms with E-state index in [0.717, 1.165) is 11.3 Å². The van der Waals surface area contributed by atoms with E-state index in [4.69, 9.17) is 4.42 Å². The van der Waals surface area contributed by atoms with Crippen molar-refractivity contribution >= 4 is 28.4 Å². The van der Waals surface area contributed by atoms with Crippen molar-refractivity contribution in [2.75, 3.05) is 23.3 Å². The van der Waals surface area contributed by atoms with Gasteiger partial charge in [-0.3, -0.25) is 14.6 Å². The molecule has 1 aliphatic heterocycles. The number of carbonyl (C=O) groups excluding carboxylic acids is 1. The van der Waals surface area contributed by atoms with Crippen molar-refractivity contribution in [3.8, 4) is 11.5 Å². The van der Waals surface area contributed by atoms with E-state index in [1.54, 1.807) is 49.9 Å². The molecular formula is C22H20N6O3. The average Bonchev–Trinajstić information content (AvgIpc) is 3.43. The summed E-state index contributed by atoms with van der Waals surface area (Å²) in [5.41, 5.74) is 3.40. The number of oxazole rings is 1. The summed E-state index contributed by atoms with van der Waals surface area (Å²) in [6.07, 6.45) is 5.73. The maximum Gasteiger partial charge on any atom is 0.268 e. The van der Waals surface area contributed by atoms with Gasteiger partial charge in [-0.25, -0.2) is 9.67 Å². The first kappa shape index (κ1) is 19.0. The van der Waals surface area contributed by atoms with E-state index in [2.05, 4.69) is 20.4 Å². The standard InChI is InChI=1S/C22H20N6O3/c1-27-20(29)11-17(12-24-27)28-9-6-15(13-28)21(30)25-16-2-3-19-18(10-16)26-22(31-19)14-4-7-23-8-5-14/h2-5,7-8,10-12,15H,6,9,13H2,1H3,(H,25,30). The minimum atomic E-state index is -0.176. The molecule has 0 aliphatic carbocycles. The van der Waals surface area contributed by atoms with Crippen LogP contribution in [0.4, 0.5) is 11.4 Å². The van der Waals surface area contributed by atoms with Crippen LogP contribution in [0.2, 0.25) is 0 Å². The van der Waals surface area contributed by atoms with Crippen molar-refractivity contribution in [2.24, 2.45) is 13.0 Å². The second-order valence-electron chi connectivity index (χ2n) is 7.53. The minimum absolute atomic E-state index is 0.0588. The van der Waals surface area contributed by atoms with E-state index in [1.165, 1.54) is 4.68 Å². The maximum atomic E-state index is 12.8. The summed E-state index contributed by atoms with van der Waals surface area (Å²) in [6, 6.07) is 10.6. The molecular weight excluding hydrogens is 396 g/mol. The van der Waals surface area contributed by atoms with Gasteiger partial charge in [-0.15, -0.1) is 0 Å². The van der Waals surface area contributed by atoms with Crippen molar-refractivity contribution in [1.29, 1.82) is 0 Å². The van der Waals surface area contributed by atoms with Gasteiger partial charge in [0.15, 0.2) is 5.58 Å². The number of pyridine rings is 1. The van der Waals surface area contributed by atoms with Crippen LogP contribution in [0.5, 0.6) is 0 Å². The van der Waals surface area contributed by atoms with Crippen LogP contribution < -0.4 is 15.8 Å². The fourth-order valence-corrected chi connectivity index (χ4v) is 3.71. The van der Waals surface area contributed by atoms with Gasteiger partial charge in [-0.05, 0) is 36.8 Å². The molecule has 1 amide bonds. The van der Waals surface area contributed by atoms with Crippen LogP contribution in [0.25, 0.3) is 22.6 Å². The second kappa shape index (κ2) is 7.67. The Morgan fingerprint density at radius 1 is 1.19 bits per heavy atom. The smallest absolute Gasteiger partial charge is 0.268 e. The molecule has 1 saturated heterocycles. The van der Waals surface area contributed by atoms with Gasteiger partial charge in [-0.1, -0.05) is 0 Å². The molecule has 5 rings (SSSR count). The normalized spacial score (nSPS) is 16.0. The number of hydrogen-bond donors (Lipinski definition) is 1. The summed E-state index contributed by atoms with van der Waals surface area (Å²) in [6.45, 7) is 1.24. The summed E-state index contributed by atoms with van der Waals surface area (Å²) in [4.78, 5) is 35.2. The zero-order valence-electron chi connectivity index (χ0n) is 16.9. The average molecular weight is 416 g/mol. The fraction of sp³-hybridized carbons (Fsp3) is 0.227. The topological polar surface area (TPSA) is 106 Å². The Morgan fingerprint density at radius 3 is 2.84 bits per heavy atom. The van der Waals surface area contributed by atoms with E-state index in [9.17, 15) is 9.59 Å². The van der Waals surface area contributed by atoms with Gasteiger partial charge in [0, 0.05) is 49.8 Å². The van der Waals surface area contributed by atoms with Gasteiger partial charge in [0.05, 0.1) is 17.8 Å². The van der Waals surface area contributed by atoms with Gasteiger partial charge in [0.25, 0.3) is 5.56 Å². The van der Waals surface area contributed by atoms with Crippen LogP contribution in [0, 0.1) is 5.92 Å². The number of hydrogen-bond acceptors (Lipinski definition) is 7. The Hall–Kier alpha value is -4.01. The molecule has 0 bridgehead atoms. The van der Waals surface area contributed by atoms with Crippen LogP contribution >= 0.6 is 0 Å². The molecule has 0 saturated carbocycles. The first-order valence-corrected chi connectivity index (χ1v) is 9.97. The van der Waals surface area contributed by atoms with Crippen molar-refractivity contribution in [1.82, 2.24) is 19.7 Å². The van der Waals surface area contributed by atoms with Gasteiger partial charge < -0.3 is 14.6 Å². The fourth-order valence-electron chi connectivity index (χ4n) is 3.71. The van der Waals surface area contributed by atoms with Crippen LogP contribution in [-0.4, -0.2) is 38.7 Å². The van der Waals surface area contributed by atoms with E-state index in [-0.39, 0.29) is 17.4 Å². The molecule has 1 unspecified atom stereocenters. The van der Waals surface area contributed by atoms with Crippen LogP contribution in [0.1, 0.15) is 6.42 Å². The number of benzene rings is 1. The van der Waals surface area contributed by atoms with Crippen molar-refractivity contribution in [3.05, 3.63) is 65.3 Å². The molecule has 9 heteroatoms. The molecule has 1 atom stereocenters. The number of fused-ring (bicyclic) bond motifs is 1. The molecule has 1 aromatic carbocycles. The summed E-state index contributed by atoms with van der Waals surface area (Å²) in [7, 11) is 1.61. The van der Waals surface area contributed by atoms with E-state index in [1.807, 2.05) is 17.0 Å². The van der Waals surface area contributed by atoms with Gasteiger partial charge >= 0.3 is 0 Å². The quantitative estimate of drug-likeness (QED) is 0.545. The predicted octanol–water partition coefficient (Wildman–Crippen LogP) is 2.45. The molecule has 4 aromatic rings.